The number of fused-ring (bicyclic) bond motifs is 1. The van der Waals surface area contributed by atoms with Gasteiger partial charge in [0.1, 0.15) is 11.3 Å². The predicted octanol–water partition coefficient (Wildman–Crippen LogP) is 3.64. The first-order valence-electron chi connectivity index (χ1n) is 8.73. The van der Waals surface area contributed by atoms with Crippen molar-refractivity contribution in [1.82, 2.24) is 9.88 Å². The van der Waals surface area contributed by atoms with Crippen molar-refractivity contribution in [2.45, 2.75) is 13.3 Å². The number of benzene rings is 2. The summed E-state index contributed by atoms with van der Waals surface area (Å²) >= 11 is 1.50. The van der Waals surface area contributed by atoms with Gasteiger partial charge in [0.2, 0.25) is 5.91 Å². The number of hydrogen-bond acceptors (Lipinski definition) is 4. The molecule has 6 heteroatoms. The van der Waals surface area contributed by atoms with E-state index in [1.54, 1.807) is 6.07 Å². The molecule has 26 heavy (non-hydrogen) atoms. The molecule has 0 unspecified atom stereocenters. The van der Waals surface area contributed by atoms with E-state index < -0.39 is 0 Å². The summed E-state index contributed by atoms with van der Waals surface area (Å²) in [6.07, 6.45) is 0.439. The second kappa shape index (κ2) is 7.03. The van der Waals surface area contributed by atoms with Gasteiger partial charge in [-0.15, -0.1) is 0 Å². The number of nitrogens with zero attached hydrogens (tertiary/aromatic N) is 3. The average molecular weight is 369 g/mol. The van der Waals surface area contributed by atoms with Crippen LogP contribution in [0, 0.1) is 12.7 Å². The summed E-state index contributed by atoms with van der Waals surface area (Å²) in [5, 5.41) is 0.830. The molecule has 134 valence electrons. The zero-order chi connectivity index (χ0) is 18.1. The van der Waals surface area contributed by atoms with E-state index in [2.05, 4.69) is 16.0 Å². The quantitative estimate of drug-likeness (QED) is 0.707. The highest BCUT2D eigenvalue weighted by Gasteiger charge is 2.23. The van der Waals surface area contributed by atoms with E-state index >= 15 is 0 Å². The topological polar surface area (TPSA) is 36.4 Å². The van der Waals surface area contributed by atoms with Crippen molar-refractivity contribution in [2.24, 2.45) is 0 Å². The van der Waals surface area contributed by atoms with Gasteiger partial charge in [-0.25, -0.2) is 9.37 Å². The largest absolute Gasteiger partial charge is 0.345 e. The zero-order valence-electron chi connectivity index (χ0n) is 14.6. The smallest absolute Gasteiger partial charge is 0.227 e. The van der Waals surface area contributed by atoms with Crippen molar-refractivity contribution >= 4 is 32.6 Å². The van der Waals surface area contributed by atoms with Gasteiger partial charge in [0.05, 0.1) is 11.1 Å². The molecule has 1 amide bonds. The number of piperazine rings is 1. The number of aryl methyl sites for hydroxylation is 1. The van der Waals surface area contributed by atoms with Crippen molar-refractivity contribution in [1.29, 1.82) is 0 Å². The monoisotopic (exact) mass is 369 g/mol. The molecule has 0 saturated carbocycles. The third kappa shape index (κ3) is 3.42. The van der Waals surface area contributed by atoms with E-state index in [1.165, 1.54) is 23.0 Å². The fraction of sp³-hybridized carbons (Fsp3) is 0.300. The van der Waals surface area contributed by atoms with Crippen LogP contribution in [0.5, 0.6) is 0 Å². The van der Waals surface area contributed by atoms with Crippen molar-refractivity contribution in [3.05, 3.63) is 59.4 Å². The number of halogens is 1. The number of carbonyl (C=O) groups excluding carboxylic acids is 1. The maximum Gasteiger partial charge on any atom is 0.227 e. The Morgan fingerprint density at radius 1 is 1.15 bits per heavy atom. The molecule has 3 aromatic rings. The molecule has 0 bridgehead atoms. The Kier molecular flexibility index (Phi) is 4.59. The molecular formula is C20H20FN3OS. The Morgan fingerprint density at radius 2 is 1.92 bits per heavy atom. The Hall–Kier alpha value is -2.47. The number of anilines is 1. The highest BCUT2D eigenvalue weighted by molar-refractivity contribution is 7.22. The SMILES string of the molecule is Cc1cccc(CC(=O)N2CCN(c3nc4c(F)cccc4s3)CC2)c1. The summed E-state index contributed by atoms with van der Waals surface area (Å²) < 4.78 is 14.7. The molecule has 1 aromatic heterocycles. The fourth-order valence-corrected chi connectivity index (χ4v) is 4.33. The lowest BCUT2D eigenvalue weighted by Gasteiger charge is -2.34. The summed E-state index contributed by atoms with van der Waals surface area (Å²) in [7, 11) is 0. The van der Waals surface area contributed by atoms with Crippen LogP contribution in [0.2, 0.25) is 0 Å². The van der Waals surface area contributed by atoms with E-state index in [9.17, 15) is 9.18 Å². The van der Waals surface area contributed by atoms with Gasteiger partial charge in [-0.2, -0.15) is 0 Å². The number of carbonyl (C=O) groups is 1. The predicted molar refractivity (Wildman–Crippen MR) is 103 cm³/mol. The molecule has 1 saturated heterocycles. The van der Waals surface area contributed by atoms with Crippen LogP contribution in [0.3, 0.4) is 0 Å². The Morgan fingerprint density at radius 3 is 2.65 bits per heavy atom. The Balaban J connectivity index is 1.40. The van der Waals surface area contributed by atoms with Gasteiger partial charge in [0.15, 0.2) is 5.13 Å². The van der Waals surface area contributed by atoms with Crippen LogP contribution >= 0.6 is 11.3 Å². The van der Waals surface area contributed by atoms with Crippen molar-refractivity contribution in [3.8, 4) is 0 Å². The number of thiazole rings is 1. The van der Waals surface area contributed by atoms with Gasteiger partial charge < -0.3 is 9.80 Å². The van der Waals surface area contributed by atoms with Gasteiger partial charge in [0.25, 0.3) is 0 Å². The summed E-state index contributed by atoms with van der Waals surface area (Å²) in [5.41, 5.74) is 2.66. The van der Waals surface area contributed by atoms with Gasteiger partial charge >= 0.3 is 0 Å². The number of amides is 1. The lowest BCUT2D eigenvalue weighted by molar-refractivity contribution is -0.130. The number of para-hydroxylation sites is 1. The van der Waals surface area contributed by atoms with E-state index in [0.717, 1.165) is 28.5 Å². The first kappa shape index (κ1) is 17.0. The molecule has 4 rings (SSSR count). The third-order valence-corrected chi connectivity index (χ3v) is 5.78. The molecule has 0 spiro atoms. The Bertz CT molecular complexity index is 947. The van der Waals surface area contributed by atoms with Crippen molar-refractivity contribution < 1.29 is 9.18 Å². The van der Waals surface area contributed by atoms with E-state index in [1.807, 2.05) is 36.1 Å². The second-order valence-electron chi connectivity index (χ2n) is 6.62. The molecule has 0 N–H and O–H groups in total. The number of rotatable bonds is 3. The van der Waals surface area contributed by atoms with Crippen LogP contribution in [0.1, 0.15) is 11.1 Å². The minimum Gasteiger partial charge on any atom is -0.345 e. The average Bonchev–Trinajstić information content (AvgIpc) is 3.08. The van der Waals surface area contributed by atoms with Gasteiger partial charge in [-0.3, -0.25) is 4.79 Å². The maximum absolute atomic E-state index is 13.8. The molecule has 0 atom stereocenters. The maximum atomic E-state index is 13.8. The van der Waals surface area contributed by atoms with E-state index in [0.29, 0.717) is 25.0 Å². The van der Waals surface area contributed by atoms with Crippen LogP contribution < -0.4 is 4.90 Å². The van der Waals surface area contributed by atoms with Crippen molar-refractivity contribution in [2.75, 3.05) is 31.1 Å². The summed E-state index contributed by atoms with van der Waals surface area (Å²) in [6.45, 7) is 4.82. The first-order chi connectivity index (χ1) is 12.6. The molecule has 2 aromatic carbocycles. The molecular weight excluding hydrogens is 349 g/mol. The number of aromatic nitrogens is 1. The van der Waals surface area contributed by atoms with E-state index in [4.69, 9.17) is 0 Å². The van der Waals surface area contributed by atoms with Crippen LogP contribution in [-0.2, 0) is 11.2 Å². The minimum atomic E-state index is -0.281. The van der Waals surface area contributed by atoms with Gasteiger partial charge in [-0.1, -0.05) is 47.2 Å². The highest BCUT2D eigenvalue weighted by atomic mass is 32.1. The zero-order valence-corrected chi connectivity index (χ0v) is 15.4. The molecule has 1 aliphatic heterocycles. The molecule has 1 fully saturated rings. The summed E-state index contributed by atoms with van der Waals surface area (Å²) in [4.78, 5) is 21.1. The highest BCUT2D eigenvalue weighted by Crippen LogP contribution is 2.30. The molecule has 2 heterocycles. The van der Waals surface area contributed by atoms with Crippen LogP contribution in [-0.4, -0.2) is 42.0 Å². The second-order valence-corrected chi connectivity index (χ2v) is 7.63. The third-order valence-electron chi connectivity index (χ3n) is 4.70. The van der Waals surface area contributed by atoms with Crippen LogP contribution in [0.15, 0.2) is 42.5 Å². The summed E-state index contributed by atoms with van der Waals surface area (Å²) in [6, 6.07) is 13.1. The summed E-state index contributed by atoms with van der Waals surface area (Å²) in [5.74, 6) is -0.123. The van der Waals surface area contributed by atoms with Crippen LogP contribution in [0.4, 0.5) is 9.52 Å². The molecule has 0 radical (unpaired) electrons. The molecule has 4 nitrogen and oxygen atoms in total. The van der Waals surface area contributed by atoms with Gasteiger partial charge in [-0.05, 0) is 24.6 Å². The molecule has 0 aliphatic carbocycles. The van der Waals surface area contributed by atoms with Crippen molar-refractivity contribution in [3.63, 3.8) is 0 Å². The normalized spacial score (nSPS) is 14.8. The fourth-order valence-electron chi connectivity index (χ4n) is 3.29. The van der Waals surface area contributed by atoms with Crippen LogP contribution in [0.25, 0.3) is 10.2 Å². The Labute approximate surface area is 155 Å². The number of hydrogen-bond donors (Lipinski definition) is 0. The minimum absolute atomic E-state index is 0.158. The lowest BCUT2D eigenvalue weighted by atomic mass is 10.1. The van der Waals surface area contributed by atoms with Gasteiger partial charge in [0, 0.05) is 26.2 Å². The molecule has 1 aliphatic rings. The van der Waals surface area contributed by atoms with E-state index in [-0.39, 0.29) is 11.7 Å². The lowest BCUT2D eigenvalue weighted by Crippen LogP contribution is -2.49. The first-order valence-corrected chi connectivity index (χ1v) is 9.55. The standard InChI is InChI=1S/C20H20FN3OS/c1-14-4-2-5-15(12-14)13-18(25)23-8-10-24(11-9-23)20-22-19-16(21)6-3-7-17(19)26-20/h2-7,12H,8-11,13H2,1H3.